The van der Waals surface area contributed by atoms with Crippen molar-refractivity contribution in [2.75, 3.05) is 13.2 Å². The van der Waals surface area contributed by atoms with Gasteiger partial charge in [0, 0.05) is 4.91 Å². The minimum Gasteiger partial charge on any atom is -0.466 e. The predicted octanol–water partition coefficient (Wildman–Crippen LogP) is 1.98. The van der Waals surface area contributed by atoms with Gasteiger partial charge in [0.15, 0.2) is 0 Å². The molecule has 0 saturated heterocycles. The van der Waals surface area contributed by atoms with Crippen LogP contribution in [0, 0.1) is 5.92 Å². The summed E-state index contributed by atoms with van der Waals surface area (Å²) in [6.07, 6.45) is 0.204. The SMILES string of the molecule is CCOC(=O)C1CC(F)(CN=[N+]=[N-])C1. The van der Waals surface area contributed by atoms with Gasteiger partial charge in [-0.15, -0.1) is 0 Å². The fourth-order valence-corrected chi connectivity index (χ4v) is 1.54. The van der Waals surface area contributed by atoms with Gasteiger partial charge in [0.05, 0.1) is 19.1 Å². The third kappa shape index (κ3) is 2.35. The first-order valence-corrected chi connectivity index (χ1v) is 4.48. The standard InChI is InChI=1S/C8H12FN3O2/c1-2-14-7(13)6-3-8(9,4-6)5-11-12-10/h6H,2-5H2,1H3. The van der Waals surface area contributed by atoms with E-state index in [2.05, 4.69) is 10.0 Å². The van der Waals surface area contributed by atoms with Crippen molar-refractivity contribution in [3.05, 3.63) is 10.4 Å². The molecule has 0 heterocycles. The molecule has 1 fully saturated rings. The Hall–Kier alpha value is -1.29. The Bertz CT molecular complexity index is 270. The Morgan fingerprint density at radius 3 is 2.93 bits per heavy atom. The number of hydrogen-bond acceptors (Lipinski definition) is 3. The van der Waals surface area contributed by atoms with Crippen molar-refractivity contribution < 1.29 is 13.9 Å². The number of halogens is 1. The van der Waals surface area contributed by atoms with Crippen LogP contribution in [0.1, 0.15) is 19.8 Å². The lowest BCUT2D eigenvalue weighted by Crippen LogP contribution is -2.46. The van der Waals surface area contributed by atoms with Crippen LogP contribution in [0.25, 0.3) is 10.4 Å². The number of alkyl halides is 1. The molecular weight excluding hydrogens is 189 g/mol. The highest BCUT2D eigenvalue weighted by molar-refractivity contribution is 5.74. The average molecular weight is 201 g/mol. The molecule has 0 N–H and O–H groups in total. The highest BCUT2D eigenvalue weighted by Crippen LogP contribution is 2.42. The van der Waals surface area contributed by atoms with Crippen LogP contribution >= 0.6 is 0 Å². The number of rotatable bonds is 4. The van der Waals surface area contributed by atoms with E-state index in [1.165, 1.54) is 0 Å². The summed E-state index contributed by atoms with van der Waals surface area (Å²) >= 11 is 0. The van der Waals surface area contributed by atoms with Gasteiger partial charge in [-0.3, -0.25) is 4.79 Å². The maximum absolute atomic E-state index is 13.5. The van der Waals surface area contributed by atoms with E-state index >= 15 is 0 Å². The molecule has 78 valence electrons. The van der Waals surface area contributed by atoms with Gasteiger partial charge in [0.1, 0.15) is 5.67 Å². The summed E-state index contributed by atoms with van der Waals surface area (Å²) in [6, 6.07) is 0. The van der Waals surface area contributed by atoms with Gasteiger partial charge >= 0.3 is 5.97 Å². The number of carbonyl (C=O) groups is 1. The van der Waals surface area contributed by atoms with E-state index < -0.39 is 5.67 Å². The van der Waals surface area contributed by atoms with E-state index in [1.807, 2.05) is 0 Å². The lowest BCUT2D eigenvalue weighted by atomic mass is 9.72. The van der Waals surface area contributed by atoms with Crippen LogP contribution < -0.4 is 0 Å². The third-order valence-corrected chi connectivity index (χ3v) is 2.26. The quantitative estimate of drug-likeness (QED) is 0.302. The Morgan fingerprint density at radius 2 is 2.43 bits per heavy atom. The highest BCUT2D eigenvalue weighted by Gasteiger charge is 2.48. The number of azide groups is 1. The molecule has 14 heavy (non-hydrogen) atoms. The van der Waals surface area contributed by atoms with Crippen molar-refractivity contribution >= 4 is 5.97 Å². The lowest BCUT2D eigenvalue weighted by Gasteiger charge is -2.38. The maximum Gasteiger partial charge on any atom is 0.309 e. The molecular formula is C8H12FN3O2. The highest BCUT2D eigenvalue weighted by atomic mass is 19.1. The first kappa shape index (κ1) is 10.8. The van der Waals surface area contributed by atoms with Gasteiger partial charge in [-0.2, -0.15) is 0 Å². The van der Waals surface area contributed by atoms with Crippen LogP contribution in [0.2, 0.25) is 0 Å². The van der Waals surface area contributed by atoms with Crippen LogP contribution in [0.15, 0.2) is 5.11 Å². The molecule has 0 aromatic heterocycles. The molecule has 0 amide bonds. The summed E-state index contributed by atoms with van der Waals surface area (Å²) in [6.45, 7) is 1.82. The summed E-state index contributed by atoms with van der Waals surface area (Å²) < 4.78 is 18.2. The molecule has 1 saturated carbocycles. The Balaban J connectivity index is 2.34. The second kappa shape index (κ2) is 4.28. The van der Waals surface area contributed by atoms with Crippen LogP contribution in [-0.2, 0) is 9.53 Å². The molecule has 0 bridgehead atoms. The predicted molar refractivity (Wildman–Crippen MR) is 47.2 cm³/mol. The first-order valence-electron chi connectivity index (χ1n) is 4.48. The first-order chi connectivity index (χ1) is 6.61. The Labute approximate surface area is 80.9 Å². The second-order valence-corrected chi connectivity index (χ2v) is 3.40. The molecule has 6 heteroatoms. The number of carbonyl (C=O) groups excluding carboxylic acids is 1. The molecule has 0 atom stereocenters. The van der Waals surface area contributed by atoms with Gasteiger partial charge in [-0.25, -0.2) is 4.39 Å². The molecule has 0 spiro atoms. The minimum absolute atomic E-state index is 0.102. The van der Waals surface area contributed by atoms with E-state index in [1.54, 1.807) is 6.92 Å². The summed E-state index contributed by atoms with van der Waals surface area (Å²) in [5.41, 5.74) is 6.51. The summed E-state index contributed by atoms with van der Waals surface area (Å²) in [5, 5.41) is 3.16. The second-order valence-electron chi connectivity index (χ2n) is 3.40. The maximum atomic E-state index is 13.5. The number of ether oxygens (including phenoxy) is 1. The van der Waals surface area contributed by atoms with Crippen molar-refractivity contribution in [2.24, 2.45) is 11.0 Å². The summed E-state index contributed by atoms with van der Waals surface area (Å²) in [4.78, 5) is 13.6. The molecule has 1 aliphatic carbocycles. The van der Waals surface area contributed by atoms with E-state index in [9.17, 15) is 9.18 Å². The molecule has 0 aromatic carbocycles. The Kier molecular flexibility index (Phi) is 3.30. The molecule has 0 unspecified atom stereocenters. The van der Waals surface area contributed by atoms with Crippen molar-refractivity contribution in [1.82, 2.24) is 0 Å². The zero-order valence-corrected chi connectivity index (χ0v) is 7.94. The van der Waals surface area contributed by atoms with Crippen molar-refractivity contribution in [3.8, 4) is 0 Å². The van der Waals surface area contributed by atoms with Crippen LogP contribution in [0.5, 0.6) is 0 Å². The van der Waals surface area contributed by atoms with Crippen LogP contribution in [-0.4, -0.2) is 24.8 Å². The average Bonchev–Trinajstić information content (AvgIpc) is 2.10. The van der Waals surface area contributed by atoms with Gasteiger partial charge in [-0.1, -0.05) is 5.11 Å². The number of hydrogen-bond donors (Lipinski definition) is 0. The van der Waals surface area contributed by atoms with Gasteiger partial charge < -0.3 is 4.74 Å². The van der Waals surface area contributed by atoms with Crippen molar-refractivity contribution in [3.63, 3.8) is 0 Å². The normalized spacial score (nSPS) is 30.0. The Morgan fingerprint density at radius 1 is 1.79 bits per heavy atom. The number of nitrogens with zero attached hydrogens (tertiary/aromatic N) is 3. The fraction of sp³-hybridized carbons (Fsp3) is 0.875. The third-order valence-electron chi connectivity index (χ3n) is 2.26. The molecule has 1 rings (SSSR count). The van der Waals surface area contributed by atoms with Crippen molar-refractivity contribution in [2.45, 2.75) is 25.4 Å². The molecule has 0 radical (unpaired) electrons. The zero-order valence-electron chi connectivity index (χ0n) is 7.94. The van der Waals surface area contributed by atoms with E-state index in [4.69, 9.17) is 10.3 Å². The monoisotopic (exact) mass is 201 g/mol. The molecule has 0 aromatic rings. The number of esters is 1. The van der Waals surface area contributed by atoms with Gasteiger partial charge in [-0.05, 0) is 25.3 Å². The largest absolute Gasteiger partial charge is 0.466 e. The summed E-state index contributed by atoms with van der Waals surface area (Å²) in [7, 11) is 0. The topological polar surface area (TPSA) is 75.1 Å². The van der Waals surface area contributed by atoms with E-state index in [-0.39, 0.29) is 31.3 Å². The van der Waals surface area contributed by atoms with E-state index in [0.717, 1.165) is 0 Å². The molecule has 0 aliphatic heterocycles. The van der Waals surface area contributed by atoms with Crippen molar-refractivity contribution in [1.29, 1.82) is 0 Å². The lowest BCUT2D eigenvalue weighted by molar-refractivity contribution is -0.157. The van der Waals surface area contributed by atoms with E-state index in [0.29, 0.717) is 6.61 Å². The van der Waals surface area contributed by atoms with Gasteiger partial charge in [0.2, 0.25) is 0 Å². The minimum atomic E-state index is -1.50. The molecule has 5 nitrogen and oxygen atoms in total. The zero-order chi connectivity index (χ0) is 10.6. The smallest absolute Gasteiger partial charge is 0.309 e. The van der Waals surface area contributed by atoms with Crippen LogP contribution in [0.3, 0.4) is 0 Å². The van der Waals surface area contributed by atoms with Gasteiger partial charge in [0.25, 0.3) is 0 Å². The fourth-order valence-electron chi connectivity index (χ4n) is 1.54. The summed E-state index contributed by atoms with van der Waals surface area (Å²) in [5.74, 6) is -0.726. The molecule has 1 aliphatic rings. The van der Waals surface area contributed by atoms with Crippen LogP contribution in [0.4, 0.5) is 4.39 Å².